The Labute approximate surface area is 117 Å². The lowest BCUT2D eigenvalue weighted by Crippen LogP contribution is -2.18. The predicted octanol–water partition coefficient (Wildman–Crippen LogP) is 3.69. The van der Waals surface area contributed by atoms with Crippen molar-refractivity contribution in [3.05, 3.63) is 64.4 Å². The van der Waals surface area contributed by atoms with Crippen molar-refractivity contribution in [1.29, 1.82) is 0 Å². The van der Waals surface area contributed by atoms with Gasteiger partial charge in [-0.15, -0.1) is 0 Å². The number of benzene rings is 2. The van der Waals surface area contributed by atoms with Gasteiger partial charge in [-0.3, -0.25) is 4.90 Å². The van der Waals surface area contributed by atoms with Crippen LogP contribution in [0.5, 0.6) is 0 Å². The summed E-state index contributed by atoms with van der Waals surface area (Å²) in [5, 5.41) is 0.670. The summed E-state index contributed by atoms with van der Waals surface area (Å²) in [5.74, 6) is -0.215. The molecule has 0 bridgehead atoms. The highest BCUT2D eigenvalue weighted by Crippen LogP contribution is 2.20. The number of nitrogens with zero attached hydrogens (tertiary/aromatic N) is 1. The van der Waals surface area contributed by atoms with Gasteiger partial charge in [0.2, 0.25) is 0 Å². The number of nitrogen functional groups attached to an aromatic ring is 1. The largest absolute Gasteiger partial charge is 0.398 e. The Kier molecular flexibility index (Phi) is 4.40. The van der Waals surface area contributed by atoms with Crippen LogP contribution in [0.2, 0.25) is 5.02 Å². The summed E-state index contributed by atoms with van der Waals surface area (Å²) in [6.45, 7) is 1.33. The smallest absolute Gasteiger partial charge is 0.123 e. The van der Waals surface area contributed by atoms with Gasteiger partial charge in [-0.1, -0.05) is 23.7 Å². The van der Waals surface area contributed by atoms with Gasteiger partial charge in [0.15, 0.2) is 0 Å². The lowest BCUT2D eigenvalue weighted by atomic mass is 10.1. The summed E-state index contributed by atoms with van der Waals surface area (Å²) in [6.07, 6.45) is 0. The summed E-state index contributed by atoms with van der Waals surface area (Å²) in [7, 11) is 1.96. The van der Waals surface area contributed by atoms with E-state index in [4.69, 9.17) is 17.3 Å². The second-order valence-electron chi connectivity index (χ2n) is 4.65. The van der Waals surface area contributed by atoms with Crippen molar-refractivity contribution in [2.75, 3.05) is 12.8 Å². The first kappa shape index (κ1) is 13.8. The maximum Gasteiger partial charge on any atom is 0.123 e. The number of anilines is 1. The molecule has 0 saturated carbocycles. The maximum atomic E-state index is 13.1. The molecule has 100 valence electrons. The van der Waals surface area contributed by atoms with Gasteiger partial charge >= 0.3 is 0 Å². The Balaban J connectivity index is 2.05. The number of hydrogen-bond acceptors (Lipinski definition) is 2. The number of nitrogens with two attached hydrogens (primary N) is 1. The molecule has 4 heteroatoms. The minimum Gasteiger partial charge on any atom is -0.398 e. The van der Waals surface area contributed by atoms with Crippen molar-refractivity contribution in [3.63, 3.8) is 0 Å². The predicted molar refractivity (Wildman–Crippen MR) is 77.4 cm³/mol. The van der Waals surface area contributed by atoms with Crippen molar-refractivity contribution < 1.29 is 4.39 Å². The van der Waals surface area contributed by atoms with Crippen LogP contribution in [0.1, 0.15) is 11.1 Å². The van der Waals surface area contributed by atoms with Gasteiger partial charge in [-0.25, -0.2) is 4.39 Å². The first-order valence-corrected chi connectivity index (χ1v) is 6.39. The van der Waals surface area contributed by atoms with Crippen LogP contribution in [0.15, 0.2) is 42.5 Å². The minimum atomic E-state index is -0.215. The van der Waals surface area contributed by atoms with Crippen LogP contribution in [0.4, 0.5) is 10.1 Å². The maximum absolute atomic E-state index is 13.1. The summed E-state index contributed by atoms with van der Waals surface area (Å²) in [6, 6.07) is 12.0. The monoisotopic (exact) mass is 278 g/mol. The standard InChI is InChI=1S/C15H16ClFN2/c1-19(9-11-3-2-4-14(17)7-11)10-12-8-13(16)5-6-15(12)18/h2-8H,9-10,18H2,1H3. The Bertz CT molecular complexity index is 572. The molecule has 0 atom stereocenters. The van der Waals surface area contributed by atoms with Crippen molar-refractivity contribution in [1.82, 2.24) is 4.90 Å². The molecular formula is C15H16ClFN2. The molecule has 2 N–H and O–H groups in total. The van der Waals surface area contributed by atoms with Crippen LogP contribution >= 0.6 is 11.6 Å². The summed E-state index contributed by atoms with van der Waals surface area (Å²) >= 11 is 5.96. The third kappa shape index (κ3) is 3.94. The summed E-state index contributed by atoms with van der Waals surface area (Å²) in [5.41, 5.74) is 8.54. The third-order valence-corrected chi connectivity index (χ3v) is 3.12. The van der Waals surface area contributed by atoms with Crippen LogP contribution in [0.25, 0.3) is 0 Å². The molecule has 0 saturated heterocycles. The zero-order chi connectivity index (χ0) is 13.8. The van der Waals surface area contributed by atoms with Gasteiger partial charge in [0.1, 0.15) is 5.82 Å². The molecule has 2 aromatic carbocycles. The highest BCUT2D eigenvalue weighted by molar-refractivity contribution is 6.30. The molecule has 0 fully saturated rings. The van der Waals surface area contributed by atoms with Gasteiger partial charge in [0, 0.05) is 23.8 Å². The van der Waals surface area contributed by atoms with Gasteiger partial charge in [0.25, 0.3) is 0 Å². The molecule has 0 heterocycles. The molecule has 19 heavy (non-hydrogen) atoms. The second kappa shape index (κ2) is 6.04. The lowest BCUT2D eigenvalue weighted by molar-refractivity contribution is 0.319. The fourth-order valence-corrected chi connectivity index (χ4v) is 2.20. The Morgan fingerprint density at radius 1 is 1.16 bits per heavy atom. The average molecular weight is 279 g/mol. The van der Waals surface area contributed by atoms with E-state index in [0.29, 0.717) is 18.1 Å². The highest BCUT2D eigenvalue weighted by Gasteiger charge is 2.06. The molecule has 0 amide bonds. The van der Waals surface area contributed by atoms with E-state index in [0.717, 1.165) is 16.8 Å². The van der Waals surface area contributed by atoms with E-state index < -0.39 is 0 Å². The normalized spacial score (nSPS) is 10.9. The number of rotatable bonds is 4. The van der Waals surface area contributed by atoms with Crippen LogP contribution < -0.4 is 5.73 Å². The molecule has 0 unspecified atom stereocenters. The molecule has 2 rings (SSSR count). The van der Waals surface area contributed by atoms with Crippen LogP contribution in [0, 0.1) is 5.82 Å². The van der Waals surface area contributed by atoms with E-state index in [2.05, 4.69) is 4.90 Å². The molecule has 0 spiro atoms. The van der Waals surface area contributed by atoms with E-state index in [1.165, 1.54) is 12.1 Å². The van der Waals surface area contributed by atoms with Crippen molar-refractivity contribution in [2.24, 2.45) is 0 Å². The number of hydrogen-bond donors (Lipinski definition) is 1. The van der Waals surface area contributed by atoms with E-state index in [9.17, 15) is 4.39 Å². The second-order valence-corrected chi connectivity index (χ2v) is 5.08. The molecular weight excluding hydrogens is 263 g/mol. The van der Waals surface area contributed by atoms with Gasteiger partial charge < -0.3 is 5.73 Å². The van der Waals surface area contributed by atoms with Crippen molar-refractivity contribution >= 4 is 17.3 Å². The average Bonchev–Trinajstić information content (AvgIpc) is 2.34. The Morgan fingerprint density at radius 2 is 1.95 bits per heavy atom. The number of halogens is 2. The van der Waals surface area contributed by atoms with E-state index in [-0.39, 0.29) is 5.82 Å². The molecule has 2 nitrogen and oxygen atoms in total. The molecule has 0 aliphatic carbocycles. The first-order chi connectivity index (χ1) is 9.04. The minimum absolute atomic E-state index is 0.215. The first-order valence-electron chi connectivity index (χ1n) is 6.01. The van der Waals surface area contributed by atoms with E-state index in [1.54, 1.807) is 18.2 Å². The summed E-state index contributed by atoms with van der Waals surface area (Å²) in [4.78, 5) is 2.07. The molecule has 0 aliphatic rings. The Hall–Kier alpha value is -1.58. The van der Waals surface area contributed by atoms with E-state index >= 15 is 0 Å². The molecule has 2 aromatic rings. The molecule has 0 radical (unpaired) electrons. The Morgan fingerprint density at radius 3 is 2.68 bits per heavy atom. The van der Waals surface area contributed by atoms with Gasteiger partial charge in [0.05, 0.1) is 0 Å². The molecule has 0 aliphatic heterocycles. The van der Waals surface area contributed by atoms with Crippen LogP contribution in [-0.4, -0.2) is 11.9 Å². The molecule has 0 aromatic heterocycles. The summed E-state index contributed by atoms with van der Waals surface area (Å²) < 4.78 is 13.1. The van der Waals surface area contributed by atoms with Crippen molar-refractivity contribution in [2.45, 2.75) is 13.1 Å². The third-order valence-electron chi connectivity index (χ3n) is 2.89. The van der Waals surface area contributed by atoms with Gasteiger partial charge in [-0.05, 0) is 48.5 Å². The lowest BCUT2D eigenvalue weighted by Gasteiger charge is -2.18. The zero-order valence-electron chi connectivity index (χ0n) is 10.7. The van der Waals surface area contributed by atoms with Crippen LogP contribution in [-0.2, 0) is 13.1 Å². The highest BCUT2D eigenvalue weighted by atomic mass is 35.5. The van der Waals surface area contributed by atoms with Crippen LogP contribution in [0.3, 0.4) is 0 Å². The topological polar surface area (TPSA) is 29.3 Å². The SMILES string of the molecule is CN(Cc1cccc(F)c1)Cc1cc(Cl)ccc1N. The fraction of sp³-hybridized carbons (Fsp3) is 0.200. The van der Waals surface area contributed by atoms with E-state index in [1.807, 2.05) is 19.2 Å². The van der Waals surface area contributed by atoms with Gasteiger partial charge in [-0.2, -0.15) is 0 Å². The quantitative estimate of drug-likeness (QED) is 0.864. The zero-order valence-corrected chi connectivity index (χ0v) is 11.5. The fourth-order valence-electron chi connectivity index (χ4n) is 2.00. The van der Waals surface area contributed by atoms with Crippen molar-refractivity contribution in [3.8, 4) is 0 Å².